The molecule has 1 aromatic heterocycles. The van der Waals surface area contributed by atoms with E-state index >= 15 is 0 Å². The molecule has 2 N–H and O–H groups in total. The summed E-state index contributed by atoms with van der Waals surface area (Å²) in [6, 6.07) is 2.86. The number of amides is 1. The Labute approximate surface area is 92.6 Å². The number of hydrogen-bond acceptors (Lipinski definition) is 2. The first-order valence-corrected chi connectivity index (χ1v) is 4.73. The maximum absolute atomic E-state index is 10.5. The van der Waals surface area contributed by atoms with Crippen molar-refractivity contribution in [1.29, 1.82) is 0 Å². The first-order chi connectivity index (χ1) is 7.13. The molecule has 0 bridgehead atoms. The Balaban J connectivity index is 2.87. The van der Waals surface area contributed by atoms with Gasteiger partial charge in [0, 0.05) is 11.2 Å². The smallest absolute Gasteiger partial charge is 0.405 e. The van der Waals surface area contributed by atoms with Gasteiger partial charge in [0.1, 0.15) is 0 Å². The number of rotatable bonds is 4. The number of nitrogens with zero attached hydrogens (tertiary/aromatic N) is 1. The van der Waals surface area contributed by atoms with E-state index in [2.05, 4.69) is 16.9 Å². The van der Waals surface area contributed by atoms with Gasteiger partial charge in [-0.2, -0.15) is 0 Å². The van der Waals surface area contributed by atoms with Crippen LogP contribution in [0.2, 0.25) is 5.02 Å². The third kappa shape index (κ3) is 3.59. The van der Waals surface area contributed by atoms with E-state index in [0.717, 1.165) is 0 Å². The summed E-state index contributed by atoms with van der Waals surface area (Å²) >= 11 is 5.78. The maximum Gasteiger partial charge on any atom is 0.405 e. The van der Waals surface area contributed by atoms with Crippen LogP contribution in [0, 0.1) is 0 Å². The summed E-state index contributed by atoms with van der Waals surface area (Å²) in [4.78, 5) is 14.6. The molecule has 0 saturated heterocycles. The van der Waals surface area contributed by atoms with Gasteiger partial charge in [0.25, 0.3) is 0 Å². The minimum Gasteiger partial charge on any atom is -0.465 e. The van der Waals surface area contributed by atoms with Crippen molar-refractivity contribution in [1.82, 2.24) is 10.3 Å². The van der Waals surface area contributed by atoms with Gasteiger partial charge in [-0.1, -0.05) is 17.7 Å². The zero-order valence-electron chi connectivity index (χ0n) is 7.98. The van der Waals surface area contributed by atoms with Crippen LogP contribution in [-0.4, -0.2) is 16.2 Å². The van der Waals surface area contributed by atoms with Gasteiger partial charge in [0.15, 0.2) is 0 Å². The average molecular weight is 227 g/mol. The molecule has 0 aliphatic heterocycles. The predicted molar refractivity (Wildman–Crippen MR) is 58.0 cm³/mol. The van der Waals surface area contributed by atoms with Crippen LogP contribution in [0.1, 0.15) is 18.2 Å². The van der Waals surface area contributed by atoms with Crippen LogP contribution in [0.4, 0.5) is 4.79 Å². The van der Waals surface area contributed by atoms with Gasteiger partial charge in [-0.25, -0.2) is 4.79 Å². The fourth-order valence-corrected chi connectivity index (χ4v) is 1.35. The Morgan fingerprint density at radius 1 is 1.80 bits per heavy atom. The fraction of sp³-hybridized carbons (Fsp3) is 0.200. The summed E-state index contributed by atoms with van der Waals surface area (Å²) in [5, 5.41) is 11.5. The fourth-order valence-electron chi connectivity index (χ4n) is 1.18. The molecule has 1 atom stereocenters. The molecule has 0 fully saturated rings. The molecule has 0 aliphatic rings. The van der Waals surface area contributed by atoms with Crippen molar-refractivity contribution in [2.75, 3.05) is 0 Å². The van der Waals surface area contributed by atoms with Crippen molar-refractivity contribution < 1.29 is 9.90 Å². The van der Waals surface area contributed by atoms with E-state index in [1.807, 2.05) is 0 Å². The summed E-state index contributed by atoms with van der Waals surface area (Å²) in [7, 11) is 0. The molecule has 4 nitrogen and oxygen atoms in total. The molecule has 15 heavy (non-hydrogen) atoms. The second kappa shape index (κ2) is 5.36. The summed E-state index contributed by atoms with van der Waals surface area (Å²) in [5.41, 5.74) is 0.588. The quantitative estimate of drug-likeness (QED) is 0.776. The second-order valence-corrected chi connectivity index (χ2v) is 3.36. The molecule has 1 aromatic rings. The number of aromatic nitrogens is 1. The molecule has 1 unspecified atom stereocenters. The molecular weight excluding hydrogens is 216 g/mol. The molecule has 0 aromatic carbocycles. The summed E-state index contributed by atoms with van der Waals surface area (Å²) in [5.74, 6) is 0. The number of carbonyl (C=O) groups is 1. The van der Waals surface area contributed by atoms with Gasteiger partial charge in [0.05, 0.1) is 11.7 Å². The Morgan fingerprint density at radius 2 is 2.53 bits per heavy atom. The highest BCUT2D eigenvalue weighted by atomic mass is 35.5. The molecule has 0 aliphatic carbocycles. The van der Waals surface area contributed by atoms with E-state index in [4.69, 9.17) is 16.7 Å². The summed E-state index contributed by atoms with van der Waals surface area (Å²) in [6.07, 6.45) is 2.55. The van der Waals surface area contributed by atoms with Crippen LogP contribution >= 0.6 is 11.6 Å². The van der Waals surface area contributed by atoms with Gasteiger partial charge >= 0.3 is 6.09 Å². The van der Waals surface area contributed by atoms with E-state index < -0.39 is 12.1 Å². The largest absolute Gasteiger partial charge is 0.465 e. The van der Waals surface area contributed by atoms with Gasteiger partial charge < -0.3 is 10.4 Å². The lowest BCUT2D eigenvalue weighted by atomic mass is 10.1. The Hall–Kier alpha value is -1.55. The standard InChI is InChI=1S/C10H11ClN2O2/c1-2-3-8(13-10(14)15)9-6-7(11)4-5-12-9/h2,4-6,8,13H,1,3H2,(H,14,15). The minimum atomic E-state index is -1.09. The lowest BCUT2D eigenvalue weighted by molar-refractivity contribution is 0.189. The Morgan fingerprint density at radius 3 is 3.07 bits per heavy atom. The van der Waals surface area contributed by atoms with Crippen molar-refractivity contribution in [3.05, 3.63) is 41.7 Å². The number of pyridine rings is 1. The van der Waals surface area contributed by atoms with Crippen molar-refractivity contribution in [3.63, 3.8) is 0 Å². The van der Waals surface area contributed by atoms with Gasteiger partial charge in [-0.15, -0.1) is 6.58 Å². The normalized spacial score (nSPS) is 11.8. The average Bonchev–Trinajstić information content (AvgIpc) is 2.16. The van der Waals surface area contributed by atoms with E-state index in [9.17, 15) is 4.79 Å². The van der Waals surface area contributed by atoms with Crippen LogP contribution in [0.3, 0.4) is 0 Å². The van der Waals surface area contributed by atoms with E-state index in [1.165, 1.54) is 6.20 Å². The molecule has 0 spiro atoms. The highest BCUT2D eigenvalue weighted by molar-refractivity contribution is 6.30. The number of nitrogens with one attached hydrogen (secondary N) is 1. The number of hydrogen-bond donors (Lipinski definition) is 2. The second-order valence-electron chi connectivity index (χ2n) is 2.93. The molecule has 5 heteroatoms. The highest BCUT2D eigenvalue weighted by Gasteiger charge is 2.13. The molecular formula is C10H11ClN2O2. The Kier molecular flexibility index (Phi) is 4.12. The van der Waals surface area contributed by atoms with Crippen LogP contribution in [-0.2, 0) is 0 Å². The first-order valence-electron chi connectivity index (χ1n) is 4.35. The van der Waals surface area contributed by atoms with Crippen molar-refractivity contribution in [3.8, 4) is 0 Å². The van der Waals surface area contributed by atoms with Crippen LogP contribution in [0.15, 0.2) is 31.0 Å². The van der Waals surface area contributed by atoms with Gasteiger partial charge in [0.2, 0.25) is 0 Å². The predicted octanol–water partition coefficient (Wildman–Crippen LogP) is 2.62. The number of carboxylic acid groups (broad SMARTS) is 1. The van der Waals surface area contributed by atoms with Crippen LogP contribution in [0.5, 0.6) is 0 Å². The van der Waals surface area contributed by atoms with E-state index in [1.54, 1.807) is 18.2 Å². The summed E-state index contributed by atoms with van der Waals surface area (Å²) < 4.78 is 0. The molecule has 1 heterocycles. The lowest BCUT2D eigenvalue weighted by Gasteiger charge is -2.14. The van der Waals surface area contributed by atoms with E-state index in [-0.39, 0.29) is 0 Å². The maximum atomic E-state index is 10.5. The number of halogens is 1. The Bertz CT molecular complexity index is 368. The zero-order valence-corrected chi connectivity index (χ0v) is 8.74. The minimum absolute atomic E-state index is 0.404. The SMILES string of the molecule is C=CCC(NC(=O)O)c1cc(Cl)ccn1. The van der Waals surface area contributed by atoms with Crippen molar-refractivity contribution in [2.24, 2.45) is 0 Å². The third-order valence-corrected chi connectivity index (χ3v) is 2.04. The lowest BCUT2D eigenvalue weighted by Crippen LogP contribution is -2.27. The highest BCUT2D eigenvalue weighted by Crippen LogP contribution is 2.18. The molecule has 1 rings (SSSR count). The molecule has 0 saturated carbocycles. The van der Waals surface area contributed by atoms with Crippen molar-refractivity contribution in [2.45, 2.75) is 12.5 Å². The first kappa shape index (κ1) is 11.5. The van der Waals surface area contributed by atoms with E-state index in [0.29, 0.717) is 17.1 Å². The van der Waals surface area contributed by atoms with Gasteiger partial charge in [-0.05, 0) is 18.6 Å². The zero-order chi connectivity index (χ0) is 11.3. The van der Waals surface area contributed by atoms with Crippen LogP contribution in [0.25, 0.3) is 0 Å². The molecule has 1 amide bonds. The topological polar surface area (TPSA) is 62.2 Å². The van der Waals surface area contributed by atoms with Crippen LogP contribution < -0.4 is 5.32 Å². The summed E-state index contributed by atoms with van der Waals surface area (Å²) in [6.45, 7) is 3.56. The third-order valence-electron chi connectivity index (χ3n) is 1.80. The molecule has 0 radical (unpaired) electrons. The van der Waals surface area contributed by atoms with Crippen molar-refractivity contribution >= 4 is 17.7 Å². The van der Waals surface area contributed by atoms with Gasteiger partial charge in [-0.3, -0.25) is 4.98 Å². The monoisotopic (exact) mass is 226 g/mol. The molecule has 80 valence electrons.